The lowest BCUT2D eigenvalue weighted by molar-refractivity contribution is -0.123. The smallest absolute Gasteiger partial charge is 0.340 e. The molecule has 6 nitrogen and oxygen atoms in total. The van der Waals surface area contributed by atoms with Crippen LogP contribution in [-0.4, -0.2) is 30.6 Å². The quantitative estimate of drug-likeness (QED) is 0.798. The third kappa shape index (κ3) is 5.70. The van der Waals surface area contributed by atoms with Crippen molar-refractivity contribution in [2.75, 3.05) is 6.61 Å². The van der Waals surface area contributed by atoms with E-state index in [0.717, 1.165) is 43.9 Å². The molecule has 136 valence electrons. The molecule has 1 aromatic rings. The largest absolute Gasteiger partial charge is 0.452 e. The highest BCUT2D eigenvalue weighted by Gasteiger charge is 2.23. The Kier molecular flexibility index (Phi) is 6.75. The molecule has 1 saturated carbocycles. The van der Waals surface area contributed by atoms with Gasteiger partial charge in [0.2, 0.25) is 0 Å². The minimum Gasteiger partial charge on any atom is -0.452 e. The van der Waals surface area contributed by atoms with Gasteiger partial charge in [-0.3, -0.25) is 10.1 Å². The summed E-state index contributed by atoms with van der Waals surface area (Å²) in [5.41, 5.74) is -0.0589. The Morgan fingerprint density at radius 1 is 1.28 bits per heavy atom. The highest BCUT2D eigenvalue weighted by atomic mass is 35.5. The summed E-state index contributed by atoms with van der Waals surface area (Å²) in [7, 11) is 0. The number of amides is 3. The fourth-order valence-corrected chi connectivity index (χ4v) is 3.01. The Morgan fingerprint density at radius 3 is 2.68 bits per heavy atom. The molecule has 1 aliphatic rings. The zero-order valence-corrected chi connectivity index (χ0v) is 14.6. The van der Waals surface area contributed by atoms with Crippen LogP contribution in [-0.2, 0) is 9.53 Å². The van der Waals surface area contributed by atoms with E-state index in [1.807, 2.05) is 0 Å². The second-order valence-corrected chi connectivity index (χ2v) is 6.50. The monoisotopic (exact) mass is 370 g/mol. The Bertz CT molecular complexity index is 668. The average molecular weight is 371 g/mol. The van der Waals surface area contributed by atoms with E-state index in [2.05, 4.69) is 17.6 Å². The second kappa shape index (κ2) is 8.80. The van der Waals surface area contributed by atoms with Crippen molar-refractivity contribution in [3.05, 3.63) is 34.6 Å². The SMILES string of the molecule is C[C@H]1CCCC[C@H]1NC(=O)NC(=O)COC(=O)c1ccc(F)cc1Cl. The van der Waals surface area contributed by atoms with Gasteiger partial charge >= 0.3 is 12.0 Å². The summed E-state index contributed by atoms with van der Waals surface area (Å²) in [6.45, 7) is 1.42. The molecule has 0 saturated heterocycles. The van der Waals surface area contributed by atoms with E-state index in [-0.39, 0.29) is 16.6 Å². The van der Waals surface area contributed by atoms with Gasteiger partial charge in [-0.2, -0.15) is 0 Å². The van der Waals surface area contributed by atoms with E-state index in [0.29, 0.717) is 5.92 Å². The first kappa shape index (κ1) is 19.2. The standard InChI is InChI=1S/C17H20ClFN2O4/c1-10-4-2-3-5-14(10)20-17(24)21-15(22)9-25-16(23)12-7-6-11(19)8-13(12)18/h6-8,10,14H,2-5,9H2,1H3,(H2,20,21,22,24)/t10-,14+/m0/s1. The number of ether oxygens (including phenoxy) is 1. The summed E-state index contributed by atoms with van der Waals surface area (Å²) in [5.74, 6) is -1.87. The fourth-order valence-electron chi connectivity index (χ4n) is 2.76. The predicted octanol–water partition coefficient (Wildman–Crippen LogP) is 3.04. The summed E-state index contributed by atoms with van der Waals surface area (Å²) in [4.78, 5) is 35.4. The topological polar surface area (TPSA) is 84.5 Å². The molecule has 25 heavy (non-hydrogen) atoms. The molecule has 1 fully saturated rings. The number of imide groups is 1. The molecule has 2 N–H and O–H groups in total. The van der Waals surface area contributed by atoms with Crippen LogP contribution in [0.25, 0.3) is 0 Å². The van der Waals surface area contributed by atoms with Gasteiger partial charge in [-0.15, -0.1) is 0 Å². The number of carbonyl (C=O) groups is 3. The molecule has 3 amide bonds. The molecule has 1 aromatic carbocycles. The van der Waals surface area contributed by atoms with E-state index in [4.69, 9.17) is 16.3 Å². The Labute approximate surface area is 150 Å². The van der Waals surface area contributed by atoms with Crippen LogP contribution in [0.5, 0.6) is 0 Å². The first-order chi connectivity index (χ1) is 11.9. The van der Waals surface area contributed by atoms with Crippen LogP contribution in [0, 0.1) is 11.7 Å². The van der Waals surface area contributed by atoms with Gasteiger partial charge in [0.05, 0.1) is 10.6 Å². The molecule has 0 heterocycles. The average Bonchev–Trinajstić information content (AvgIpc) is 2.54. The van der Waals surface area contributed by atoms with Crippen LogP contribution in [0.2, 0.25) is 5.02 Å². The Balaban J connectivity index is 1.77. The lowest BCUT2D eigenvalue weighted by atomic mass is 9.86. The van der Waals surface area contributed by atoms with Gasteiger partial charge in [0.15, 0.2) is 6.61 Å². The highest BCUT2D eigenvalue weighted by molar-refractivity contribution is 6.33. The van der Waals surface area contributed by atoms with Crippen LogP contribution in [0.4, 0.5) is 9.18 Å². The molecule has 0 aromatic heterocycles. The molecule has 1 aliphatic carbocycles. The van der Waals surface area contributed by atoms with E-state index < -0.39 is 30.3 Å². The molecule has 0 radical (unpaired) electrons. The van der Waals surface area contributed by atoms with Gasteiger partial charge in [-0.05, 0) is 37.0 Å². The lowest BCUT2D eigenvalue weighted by Gasteiger charge is -2.29. The van der Waals surface area contributed by atoms with Crippen molar-refractivity contribution < 1.29 is 23.5 Å². The van der Waals surface area contributed by atoms with Crippen molar-refractivity contribution in [3.63, 3.8) is 0 Å². The van der Waals surface area contributed by atoms with Crippen molar-refractivity contribution in [1.29, 1.82) is 0 Å². The van der Waals surface area contributed by atoms with E-state index >= 15 is 0 Å². The van der Waals surface area contributed by atoms with Crippen molar-refractivity contribution >= 4 is 29.5 Å². The number of halogens is 2. The molecule has 2 atom stereocenters. The first-order valence-corrected chi connectivity index (χ1v) is 8.47. The van der Waals surface area contributed by atoms with Gasteiger partial charge < -0.3 is 10.1 Å². The van der Waals surface area contributed by atoms with Crippen LogP contribution in [0.1, 0.15) is 43.0 Å². The zero-order chi connectivity index (χ0) is 18.4. The number of carbonyl (C=O) groups excluding carboxylic acids is 3. The normalized spacial score (nSPS) is 19.8. The van der Waals surface area contributed by atoms with Crippen LogP contribution < -0.4 is 10.6 Å². The first-order valence-electron chi connectivity index (χ1n) is 8.09. The third-order valence-electron chi connectivity index (χ3n) is 4.17. The van der Waals surface area contributed by atoms with Gasteiger partial charge in [-0.25, -0.2) is 14.0 Å². The predicted molar refractivity (Wildman–Crippen MR) is 89.8 cm³/mol. The molecular weight excluding hydrogens is 351 g/mol. The number of nitrogens with one attached hydrogen (secondary N) is 2. The lowest BCUT2D eigenvalue weighted by Crippen LogP contribution is -2.48. The summed E-state index contributed by atoms with van der Waals surface area (Å²) in [6, 6.07) is 2.61. The molecular formula is C17H20ClFN2O4. The summed E-state index contributed by atoms with van der Waals surface area (Å²) in [6.07, 6.45) is 4.09. The molecule has 0 unspecified atom stereocenters. The third-order valence-corrected chi connectivity index (χ3v) is 4.48. The molecule has 0 spiro atoms. The van der Waals surface area contributed by atoms with Gasteiger partial charge in [0.25, 0.3) is 5.91 Å². The van der Waals surface area contributed by atoms with Gasteiger partial charge in [0.1, 0.15) is 5.82 Å². The van der Waals surface area contributed by atoms with Gasteiger partial charge in [0, 0.05) is 6.04 Å². The Morgan fingerprint density at radius 2 is 2.00 bits per heavy atom. The van der Waals surface area contributed by atoms with Crippen molar-refractivity contribution in [1.82, 2.24) is 10.6 Å². The number of urea groups is 1. The maximum atomic E-state index is 12.9. The van der Waals surface area contributed by atoms with Crippen molar-refractivity contribution in [2.24, 2.45) is 5.92 Å². The highest BCUT2D eigenvalue weighted by Crippen LogP contribution is 2.23. The molecule has 0 bridgehead atoms. The van der Waals surface area contributed by atoms with Crippen LogP contribution in [0.3, 0.4) is 0 Å². The van der Waals surface area contributed by atoms with Gasteiger partial charge in [-0.1, -0.05) is 31.4 Å². The summed E-state index contributed by atoms with van der Waals surface area (Å²) in [5, 5.41) is 4.76. The van der Waals surface area contributed by atoms with E-state index in [1.165, 1.54) is 0 Å². The summed E-state index contributed by atoms with van der Waals surface area (Å²) < 4.78 is 17.7. The fraction of sp³-hybridized carbons (Fsp3) is 0.471. The molecule has 2 rings (SSSR count). The van der Waals surface area contributed by atoms with E-state index in [9.17, 15) is 18.8 Å². The number of esters is 1. The van der Waals surface area contributed by atoms with Crippen LogP contribution in [0.15, 0.2) is 18.2 Å². The second-order valence-electron chi connectivity index (χ2n) is 6.09. The minimum absolute atomic E-state index is 0.0297. The number of rotatable bonds is 4. The molecule has 8 heteroatoms. The number of hydrogen-bond acceptors (Lipinski definition) is 4. The number of hydrogen-bond donors (Lipinski definition) is 2. The Hall–Kier alpha value is -2.15. The maximum absolute atomic E-state index is 12.9. The number of benzene rings is 1. The van der Waals surface area contributed by atoms with E-state index in [1.54, 1.807) is 0 Å². The van der Waals surface area contributed by atoms with Crippen molar-refractivity contribution in [2.45, 2.75) is 38.6 Å². The summed E-state index contributed by atoms with van der Waals surface area (Å²) >= 11 is 5.74. The van der Waals surface area contributed by atoms with Crippen molar-refractivity contribution in [3.8, 4) is 0 Å². The maximum Gasteiger partial charge on any atom is 0.340 e. The minimum atomic E-state index is -0.874. The van der Waals surface area contributed by atoms with Crippen LogP contribution >= 0.6 is 11.6 Å². The molecule has 0 aliphatic heterocycles. The zero-order valence-electron chi connectivity index (χ0n) is 13.8.